The van der Waals surface area contributed by atoms with Crippen LogP contribution >= 0.6 is 0 Å². The molecule has 0 aromatic carbocycles. The highest BCUT2D eigenvalue weighted by molar-refractivity contribution is 5.25. The summed E-state index contributed by atoms with van der Waals surface area (Å²) in [4.78, 5) is 11.1. The first-order valence-electron chi connectivity index (χ1n) is 5.06. The van der Waals surface area contributed by atoms with Crippen LogP contribution in [0.2, 0.25) is 0 Å². The highest BCUT2D eigenvalue weighted by Gasteiger charge is 2.10. The van der Waals surface area contributed by atoms with Crippen LogP contribution in [0, 0.1) is 6.92 Å². The van der Waals surface area contributed by atoms with Gasteiger partial charge in [-0.3, -0.25) is 4.79 Å². The van der Waals surface area contributed by atoms with E-state index in [4.69, 9.17) is 4.74 Å². The molecule has 0 amide bonds. The van der Waals surface area contributed by atoms with Gasteiger partial charge in [-0.15, -0.1) is 0 Å². The van der Waals surface area contributed by atoms with Gasteiger partial charge in [0.1, 0.15) is 0 Å². The lowest BCUT2D eigenvalue weighted by atomic mass is 10.2. The Morgan fingerprint density at radius 1 is 1.60 bits per heavy atom. The lowest BCUT2D eigenvalue weighted by Crippen LogP contribution is -2.17. The maximum Gasteiger partial charge on any atom is 0.223 e. The van der Waals surface area contributed by atoms with Crippen molar-refractivity contribution in [3.8, 4) is 5.75 Å². The van der Waals surface area contributed by atoms with Crippen molar-refractivity contribution < 1.29 is 9.84 Å². The number of aromatic nitrogens is 1. The van der Waals surface area contributed by atoms with E-state index < -0.39 is 0 Å². The largest absolute Gasteiger partial charge is 0.503 e. The molecule has 4 nitrogen and oxygen atoms in total. The van der Waals surface area contributed by atoms with Crippen LogP contribution in [0.3, 0.4) is 0 Å². The molecular weight excluding hydrogens is 194 g/mol. The van der Waals surface area contributed by atoms with Gasteiger partial charge in [0, 0.05) is 18.9 Å². The average molecular weight is 211 g/mol. The minimum Gasteiger partial charge on any atom is -0.503 e. The molecular formula is C11H17NO3. The normalized spacial score (nSPS) is 12.7. The van der Waals surface area contributed by atoms with E-state index in [1.165, 1.54) is 6.07 Å². The number of ether oxygens (including phenoxy) is 1. The SMILES string of the molecule is CCOCC(C)n1ccc(=O)c(O)c1C. The van der Waals surface area contributed by atoms with Gasteiger partial charge in [0.25, 0.3) is 0 Å². The van der Waals surface area contributed by atoms with Crippen molar-refractivity contribution in [1.82, 2.24) is 4.57 Å². The summed E-state index contributed by atoms with van der Waals surface area (Å²) in [5.74, 6) is -0.180. The van der Waals surface area contributed by atoms with Gasteiger partial charge in [-0.1, -0.05) is 0 Å². The fourth-order valence-electron chi connectivity index (χ4n) is 1.49. The van der Waals surface area contributed by atoms with Gasteiger partial charge in [-0.25, -0.2) is 0 Å². The molecule has 0 aliphatic rings. The van der Waals surface area contributed by atoms with Crippen LogP contribution in [0.25, 0.3) is 0 Å². The number of rotatable bonds is 4. The Hall–Kier alpha value is -1.29. The smallest absolute Gasteiger partial charge is 0.223 e. The van der Waals surface area contributed by atoms with Gasteiger partial charge in [0.2, 0.25) is 5.43 Å². The van der Waals surface area contributed by atoms with Crippen molar-refractivity contribution >= 4 is 0 Å². The maximum atomic E-state index is 11.1. The summed E-state index contributed by atoms with van der Waals surface area (Å²) in [7, 11) is 0. The lowest BCUT2D eigenvalue weighted by Gasteiger charge is -2.18. The van der Waals surface area contributed by atoms with E-state index in [0.29, 0.717) is 18.9 Å². The van der Waals surface area contributed by atoms with Crippen molar-refractivity contribution in [3.63, 3.8) is 0 Å². The van der Waals surface area contributed by atoms with E-state index in [2.05, 4.69) is 0 Å². The predicted octanol–water partition coefficient (Wildman–Crippen LogP) is 1.46. The van der Waals surface area contributed by atoms with Gasteiger partial charge in [-0.2, -0.15) is 0 Å². The third kappa shape index (κ3) is 2.59. The molecule has 1 atom stereocenters. The third-order valence-electron chi connectivity index (χ3n) is 2.39. The highest BCUT2D eigenvalue weighted by atomic mass is 16.5. The van der Waals surface area contributed by atoms with Gasteiger partial charge in [0.15, 0.2) is 5.75 Å². The summed E-state index contributed by atoms with van der Waals surface area (Å²) in [6.07, 6.45) is 1.68. The molecule has 0 saturated carbocycles. The molecule has 0 bridgehead atoms. The zero-order valence-corrected chi connectivity index (χ0v) is 9.36. The fraction of sp³-hybridized carbons (Fsp3) is 0.545. The molecule has 1 unspecified atom stereocenters. The van der Waals surface area contributed by atoms with E-state index >= 15 is 0 Å². The predicted molar refractivity (Wildman–Crippen MR) is 58.3 cm³/mol. The van der Waals surface area contributed by atoms with E-state index in [-0.39, 0.29) is 17.2 Å². The fourth-order valence-corrected chi connectivity index (χ4v) is 1.49. The van der Waals surface area contributed by atoms with Crippen molar-refractivity contribution in [2.45, 2.75) is 26.8 Å². The molecule has 1 aromatic heterocycles. The van der Waals surface area contributed by atoms with E-state index in [1.807, 2.05) is 18.4 Å². The third-order valence-corrected chi connectivity index (χ3v) is 2.39. The van der Waals surface area contributed by atoms with Crippen LogP contribution in [0.5, 0.6) is 5.75 Å². The minimum atomic E-state index is -0.340. The molecule has 1 aromatic rings. The Balaban J connectivity index is 2.95. The van der Waals surface area contributed by atoms with Gasteiger partial charge in [0.05, 0.1) is 18.3 Å². The van der Waals surface area contributed by atoms with E-state index in [0.717, 1.165) is 0 Å². The first kappa shape index (κ1) is 11.8. The molecule has 1 heterocycles. The monoisotopic (exact) mass is 211 g/mol. The molecule has 0 spiro atoms. The number of hydrogen-bond donors (Lipinski definition) is 1. The van der Waals surface area contributed by atoms with Gasteiger partial charge < -0.3 is 14.4 Å². The molecule has 0 aliphatic carbocycles. The standard InChI is InChI=1S/C11H17NO3/c1-4-15-7-8(2)12-6-5-10(13)11(14)9(12)3/h5-6,8,14H,4,7H2,1-3H3. The number of pyridine rings is 1. The van der Waals surface area contributed by atoms with Crippen LogP contribution in [0.15, 0.2) is 17.1 Å². The van der Waals surface area contributed by atoms with Gasteiger partial charge in [-0.05, 0) is 20.8 Å². The molecule has 0 fully saturated rings. The quantitative estimate of drug-likeness (QED) is 0.820. The van der Waals surface area contributed by atoms with Crippen molar-refractivity contribution in [2.24, 2.45) is 0 Å². The zero-order chi connectivity index (χ0) is 11.4. The van der Waals surface area contributed by atoms with Crippen molar-refractivity contribution in [2.75, 3.05) is 13.2 Å². The maximum absolute atomic E-state index is 11.1. The van der Waals surface area contributed by atoms with Crippen molar-refractivity contribution in [1.29, 1.82) is 0 Å². The second-order valence-corrected chi connectivity index (χ2v) is 3.53. The number of hydrogen-bond acceptors (Lipinski definition) is 3. The molecule has 4 heteroatoms. The Bertz CT molecular complexity index is 384. The van der Waals surface area contributed by atoms with Gasteiger partial charge >= 0.3 is 0 Å². The molecule has 0 aliphatic heterocycles. The lowest BCUT2D eigenvalue weighted by molar-refractivity contribution is 0.118. The number of aromatic hydroxyl groups is 1. The molecule has 0 saturated heterocycles. The van der Waals surface area contributed by atoms with E-state index in [9.17, 15) is 9.90 Å². The Kier molecular flexibility index (Phi) is 3.91. The van der Waals surface area contributed by atoms with Crippen LogP contribution in [-0.2, 0) is 4.74 Å². The zero-order valence-electron chi connectivity index (χ0n) is 9.36. The second-order valence-electron chi connectivity index (χ2n) is 3.53. The summed E-state index contributed by atoms with van der Waals surface area (Å²) in [6.45, 7) is 6.86. The Morgan fingerprint density at radius 2 is 2.27 bits per heavy atom. The summed E-state index contributed by atoms with van der Waals surface area (Å²) >= 11 is 0. The summed E-state index contributed by atoms with van der Waals surface area (Å²) in [5.41, 5.74) is 0.238. The topological polar surface area (TPSA) is 51.5 Å². The summed E-state index contributed by atoms with van der Waals surface area (Å²) in [6, 6.07) is 1.47. The molecule has 84 valence electrons. The number of nitrogens with zero attached hydrogens (tertiary/aromatic N) is 1. The molecule has 0 radical (unpaired) electrons. The summed E-state index contributed by atoms with van der Waals surface area (Å²) in [5, 5.41) is 9.49. The van der Waals surface area contributed by atoms with Crippen LogP contribution in [0.4, 0.5) is 0 Å². The molecule has 15 heavy (non-hydrogen) atoms. The first-order valence-corrected chi connectivity index (χ1v) is 5.06. The summed E-state index contributed by atoms with van der Waals surface area (Å²) < 4.78 is 7.13. The van der Waals surface area contributed by atoms with E-state index in [1.54, 1.807) is 13.1 Å². The highest BCUT2D eigenvalue weighted by Crippen LogP contribution is 2.15. The molecule has 1 N–H and O–H groups in total. The second kappa shape index (κ2) is 4.98. The Labute approximate surface area is 89.1 Å². The van der Waals surface area contributed by atoms with Crippen LogP contribution in [-0.4, -0.2) is 22.9 Å². The minimum absolute atomic E-state index is 0.108. The first-order chi connectivity index (χ1) is 7.07. The molecule has 1 rings (SSSR count). The van der Waals surface area contributed by atoms with Crippen molar-refractivity contribution in [3.05, 3.63) is 28.2 Å². The Morgan fingerprint density at radius 3 is 2.87 bits per heavy atom. The van der Waals surface area contributed by atoms with Crippen LogP contribution < -0.4 is 5.43 Å². The van der Waals surface area contributed by atoms with Crippen LogP contribution in [0.1, 0.15) is 25.6 Å². The average Bonchev–Trinajstić information content (AvgIpc) is 2.23.